The van der Waals surface area contributed by atoms with E-state index in [0.29, 0.717) is 12.3 Å². The van der Waals surface area contributed by atoms with Crippen molar-refractivity contribution < 1.29 is 14.6 Å². The Labute approximate surface area is 137 Å². The number of rotatable bonds is 6. The largest absolute Gasteiger partial charge is 0.496 e. The number of hydrogen-bond donors (Lipinski definition) is 1. The number of hydrogen-bond acceptors (Lipinski definition) is 2. The average molecular weight is 312 g/mol. The van der Waals surface area contributed by atoms with Crippen molar-refractivity contribution in [2.24, 2.45) is 0 Å². The molecule has 2 aromatic carbocycles. The van der Waals surface area contributed by atoms with Crippen LogP contribution < -0.4 is 4.74 Å². The molecule has 0 saturated carbocycles. The van der Waals surface area contributed by atoms with Crippen molar-refractivity contribution in [1.82, 2.24) is 0 Å². The van der Waals surface area contributed by atoms with Gasteiger partial charge in [-0.05, 0) is 42.0 Å². The van der Waals surface area contributed by atoms with Crippen LogP contribution in [-0.4, -0.2) is 18.2 Å². The lowest BCUT2D eigenvalue weighted by Crippen LogP contribution is -2.15. The summed E-state index contributed by atoms with van der Waals surface area (Å²) >= 11 is 0. The molecule has 0 aromatic heterocycles. The first kappa shape index (κ1) is 17.1. The highest BCUT2D eigenvalue weighted by molar-refractivity contribution is 5.76. The van der Waals surface area contributed by atoms with E-state index in [4.69, 9.17) is 4.74 Å². The van der Waals surface area contributed by atoms with E-state index in [9.17, 15) is 9.90 Å². The second kappa shape index (κ2) is 7.32. The molecule has 3 heteroatoms. The molecule has 0 heterocycles. The van der Waals surface area contributed by atoms with Crippen LogP contribution in [0.15, 0.2) is 42.5 Å². The van der Waals surface area contributed by atoms with Crippen LogP contribution in [0.25, 0.3) is 0 Å². The molecule has 0 radical (unpaired) electrons. The third kappa shape index (κ3) is 4.13. The number of methoxy groups -OCH3 is 1. The molecule has 0 spiro atoms. The molecule has 1 atom stereocenters. The molecule has 3 nitrogen and oxygen atoms in total. The van der Waals surface area contributed by atoms with Crippen LogP contribution in [0.3, 0.4) is 0 Å². The van der Waals surface area contributed by atoms with Crippen molar-refractivity contribution in [3.63, 3.8) is 0 Å². The normalized spacial score (nSPS) is 12.2. The second-order valence-electron chi connectivity index (χ2n) is 6.23. The second-order valence-corrected chi connectivity index (χ2v) is 6.23. The fraction of sp³-hybridized carbons (Fsp3) is 0.350. The van der Waals surface area contributed by atoms with Crippen molar-refractivity contribution in [3.8, 4) is 5.75 Å². The maximum atomic E-state index is 11.8. The summed E-state index contributed by atoms with van der Waals surface area (Å²) in [4.78, 5) is 11.8. The highest BCUT2D eigenvalue weighted by atomic mass is 16.5. The van der Waals surface area contributed by atoms with Crippen molar-refractivity contribution in [1.29, 1.82) is 0 Å². The molecule has 0 aliphatic carbocycles. The fourth-order valence-corrected chi connectivity index (χ4v) is 2.68. The molecule has 2 aromatic rings. The van der Waals surface area contributed by atoms with Gasteiger partial charge in [-0.3, -0.25) is 4.79 Å². The predicted octanol–water partition coefficient (Wildman–Crippen LogP) is 4.54. The monoisotopic (exact) mass is 312 g/mol. The lowest BCUT2D eigenvalue weighted by Gasteiger charge is -2.17. The molecule has 23 heavy (non-hydrogen) atoms. The molecule has 0 aliphatic rings. The van der Waals surface area contributed by atoms with Crippen LogP contribution in [0.5, 0.6) is 5.75 Å². The summed E-state index contributed by atoms with van der Waals surface area (Å²) in [5, 5.41) is 9.66. The van der Waals surface area contributed by atoms with Crippen LogP contribution >= 0.6 is 0 Å². The quantitative estimate of drug-likeness (QED) is 0.852. The van der Waals surface area contributed by atoms with Crippen LogP contribution in [0.2, 0.25) is 0 Å². The lowest BCUT2D eigenvalue weighted by molar-refractivity contribution is -0.138. The van der Waals surface area contributed by atoms with E-state index in [1.54, 1.807) is 7.11 Å². The van der Waals surface area contributed by atoms with Gasteiger partial charge in [0, 0.05) is 0 Å². The van der Waals surface area contributed by atoms with E-state index in [-0.39, 0.29) is 0 Å². The highest BCUT2D eigenvalue weighted by Gasteiger charge is 2.22. The van der Waals surface area contributed by atoms with Crippen molar-refractivity contribution in [2.45, 2.75) is 39.0 Å². The molecule has 1 unspecified atom stereocenters. The summed E-state index contributed by atoms with van der Waals surface area (Å²) in [5.74, 6) is -0.257. The first-order chi connectivity index (χ1) is 10.9. The molecule has 0 bridgehead atoms. The van der Waals surface area contributed by atoms with Crippen LogP contribution in [0.1, 0.15) is 47.9 Å². The summed E-state index contributed by atoms with van der Waals surface area (Å²) in [6.45, 7) is 6.25. The molecule has 0 fully saturated rings. The minimum Gasteiger partial charge on any atom is -0.496 e. The number of carboxylic acids is 1. The number of benzene rings is 2. The summed E-state index contributed by atoms with van der Waals surface area (Å²) in [6, 6.07) is 13.7. The van der Waals surface area contributed by atoms with Crippen molar-refractivity contribution >= 4 is 5.97 Å². The Balaban J connectivity index is 2.38. The van der Waals surface area contributed by atoms with Gasteiger partial charge in [-0.2, -0.15) is 0 Å². The Kier molecular flexibility index (Phi) is 5.43. The van der Waals surface area contributed by atoms with Crippen molar-refractivity contribution in [3.05, 3.63) is 64.7 Å². The van der Waals surface area contributed by atoms with E-state index in [0.717, 1.165) is 22.4 Å². The van der Waals surface area contributed by atoms with E-state index < -0.39 is 11.9 Å². The first-order valence-corrected chi connectivity index (χ1v) is 7.88. The van der Waals surface area contributed by atoms with Crippen LogP contribution in [0, 0.1) is 6.92 Å². The lowest BCUT2D eigenvalue weighted by atomic mass is 9.89. The summed E-state index contributed by atoms with van der Waals surface area (Å²) < 4.78 is 5.42. The summed E-state index contributed by atoms with van der Waals surface area (Å²) in [5.41, 5.74) is 4.07. The molecular weight excluding hydrogens is 288 g/mol. The third-order valence-corrected chi connectivity index (χ3v) is 4.17. The molecule has 0 amide bonds. The Bertz CT molecular complexity index is 672. The summed E-state index contributed by atoms with van der Waals surface area (Å²) in [7, 11) is 1.62. The maximum Gasteiger partial charge on any atom is 0.311 e. The van der Waals surface area contributed by atoms with E-state index >= 15 is 0 Å². The molecule has 122 valence electrons. The smallest absolute Gasteiger partial charge is 0.311 e. The summed E-state index contributed by atoms with van der Waals surface area (Å²) in [6.07, 6.45) is 0.419. The first-order valence-electron chi connectivity index (χ1n) is 7.88. The number of carboxylic acid groups (broad SMARTS) is 1. The van der Waals surface area contributed by atoms with Gasteiger partial charge in [-0.1, -0.05) is 55.8 Å². The van der Waals surface area contributed by atoms with Gasteiger partial charge in [0.2, 0.25) is 0 Å². The predicted molar refractivity (Wildman–Crippen MR) is 92.3 cm³/mol. The third-order valence-electron chi connectivity index (χ3n) is 4.17. The topological polar surface area (TPSA) is 46.5 Å². The Morgan fingerprint density at radius 1 is 1.09 bits per heavy atom. The van der Waals surface area contributed by atoms with Gasteiger partial charge in [-0.25, -0.2) is 0 Å². The van der Waals surface area contributed by atoms with Gasteiger partial charge in [0.1, 0.15) is 5.75 Å². The molecular formula is C20H24O3. The number of carbonyl (C=O) groups is 1. The average Bonchev–Trinajstić information content (AvgIpc) is 2.53. The zero-order valence-electron chi connectivity index (χ0n) is 14.2. The standard InChI is InChI=1S/C20H24O3/c1-13(2)16-9-10-19(23-4)17(11-16)12-18(20(21)22)15-7-5-14(3)6-8-15/h5-11,13,18H,12H2,1-4H3,(H,21,22). The Morgan fingerprint density at radius 3 is 2.22 bits per heavy atom. The molecule has 2 rings (SSSR count). The number of aliphatic carboxylic acids is 1. The maximum absolute atomic E-state index is 11.8. The van der Waals surface area contributed by atoms with Gasteiger partial charge in [0.25, 0.3) is 0 Å². The minimum absolute atomic E-state index is 0.391. The zero-order chi connectivity index (χ0) is 17.0. The van der Waals surface area contributed by atoms with Gasteiger partial charge >= 0.3 is 5.97 Å². The Morgan fingerprint density at radius 2 is 1.70 bits per heavy atom. The molecule has 0 aliphatic heterocycles. The minimum atomic E-state index is -0.814. The number of ether oxygens (including phenoxy) is 1. The van der Waals surface area contributed by atoms with E-state index in [2.05, 4.69) is 19.9 Å². The molecule has 0 saturated heterocycles. The van der Waals surface area contributed by atoms with Gasteiger partial charge < -0.3 is 9.84 Å². The fourth-order valence-electron chi connectivity index (χ4n) is 2.68. The Hall–Kier alpha value is -2.29. The molecule has 1 N–H and O–H groups in total. The van der Waals surface area contributed by atoms with Crippen LogP contribution in [-0.2, 0) is 11.2 Å². The van der Waals surface area contributed by atoms with E-state index in [1.807, 2.05) is 43.3 Å². The highest BCUT2D eigenvalue weighted by Crippen LogP contribution is 2.30. The SMILES string of the molecule is COc1ccc(C(C)C)cc1CC(C(=O)O)c1ccc(C)cc1. The number of aryl methyl sites for hydroxylation is 1. The van der Waals surface area contributed by atoms with Gasteiger partial charge in [0.05, 0.1) is 13.0 Å². The zero-order valence-corrected chi connectivity index (χ0v) is 14.2. The van der Waals surface area contributed by atoms with Gasteiger partial charge in [0.15, 0.2) is 0 Å². The van der Waals surface area contributed by atoms with E-state index in [1.165, 1.54) is 5.56 Å². The van der Waals surface area contributed by atoms with Gasteiger partial charge in [-0.15, -0.1) is 0 Å². The van der Waals surface area contributed by atoms with Crippen molar-refractivity contribution in [2.75, 3.05) is 7.11 Å². The van der Waals surface area contributed by atoms with Crippen LogP contribution in [0.4, 0.5) is 0 Å².